The summed E-state index contributed by atoms with van der Waals surface area (Å²) in [5, 5.41) is 2.64. The molecule has 0 bridgehead atoms. The van der Waals surface area contributed by atoms with Crippen LogP contribution in [0.4, 0.5) is 5.69 Å². The maximum Gasteiger partial charge on any atom is 0.241 e. The molecule has 0 aliphatic heterocycles. The van der Waals surface area contributed by atoms with Crippen LogP contribution >= 0.6 is 0 Å². The highest BCUT2D eigenvalue weighted by Gasteiger charge is 2.17. The molecule has 0 radical (unpaired) electrons. The van der Waals surface area contributed by atoms with E-state index >= 15 is 0 Å². The quantitative estimate of drug-likeness (QED) is 0.793. The molecule has 0 saturated carbocycles. The van der Waals surface area contributed by atoms with Crippen LogP contribution in [0.15, 0.2) is 47.4 Å². The molecule has 7 heteroatoms. The van der Waals surface area contributed by atoms with Crippen LogP contribution in [-0.4, -0.2) is 27.5 Å². The topological polar surface area (TPSA) is 84.5 Å². The van der Waals surface area contributed by atoms with Crippen LogP contribution in [0.2, 0.25) is 0 Å². The van der Waals surface area contributed by atoms with E-state index in [0.29, 0.717) is 23.6 Å². The van der Waals surface area contributed by atoms with Gasteiger partial charge in [-0.15, -0.1) is 0 Å². The molecule has 1 amide bonds. The van der Waals surface area contributed by atoms with Crippen molar-refractivity contribution in [2.45, 2.75) is 25.7 Å². The lowest BCUT2D eigenvalue weighted by molar-refractivity contribution is -0.115. The van der Waals surface area contributed by atoms with Crippen LogP contribution in [-0.2, 0) is 14.8 Å². The second kappa shape index (κ2) is 8.13. The zero-order valence-corrected chi connectivity index (χ0v) is 15.3. The van der Waals surface area contributed by atoms with E-state index in [-0.39, 0.29) is 11.4 Å². The highest BCUT2D eigenvalue weighted by Crippen LogP contribution is 2.17. The molecule has 0 fully saturated rings. The zero-order valence-electron chi connectivity index (χ0n) is 14.5. The van der Waals surface area contributed by atoms with Gasteiger partial charge in [0.05, 0.1) is 18.0 Å². The van der Waals surface area contributed by atoms with Gasteiger partial charge in [0.15, 0.2) is 0 Å². The number of ether oxygens (including phenoxy) is 1. The van der Waals surface area contributed by atoms with Crippen LogP contribution < -0.4 is 14.8 Å². The van der Waals surface area contributed by atoms with E-state index < -0.39 is 15.9 Å². The van der Waals surface area contributed by atoms with Gasteiger partial charge < -0.3 is 10.1 Å². The van der Waals surface area contributed by atoms with Gasteiger partial charge in [0.1, 0.15) is 5.75 Å². The first-order valence-corrected chi connectivity index (χ1v) is 9.40. The van der Waals surface area contributed by atoms with Crippen molar-refractivity contribution in [2.75, 3.05) is 18.5 Å². The second-order valence-electron chi connectivity index (χ2n) is 5.60. The van der Waals surface area contributed by atoms with E-state index in [2.05, 4.69) is 10.0 Å². The van der Waals surface area contributed by atoms with Crippen molar-refractivity contribution < 1.29 is 17.9 Å². The summed E-state index contributed by atoms with van der Waals surface area (Å²) >= 11 is 0. The van der Waals surface area contributed by atoms with Crippen molar-refractivity contribution in [3.05, 3.63) is 53.6 Å². The molecule has 0 aliphatic rings. The summed E-state index contributed by atoms with van der Waals surface area (Å²) in [6, 6.07) is 11.9. The average Bonchev–Trinajstić information content (AvgIpc) is 2.55. The number of aryl methyl sites for hydroxylation is 2. The first-order chi connectivity index (χ1) is 11.8. The summed E-state index contributed by atoms with van der Waals surface area (Å²) in [4.78, 5) is 12.1. The number of nitrogens with one attached hydrogen (secondary N) is 2. The summed E-state index contributed by atoms with van der Waals surface area (Å²) in [5.74, 6) is 0.258. The molecule has 2 N–H and O–H groups in total. The van der Waals surface area contributed by atoms with Crippen LogP contribution in [0, 0.1) is 13.8 Å². The molecule has 0 saturated heterocycles. The van der Waals surface area contributed by atoms with E-state index in [1.54, 1.807) is 43.3 Å². The third-order valence-corrected chi connectivity index (χ3v) is 5.05. The molecule has 25 heavy (non-hydrogen) atoms. The fourth-order valence-electron chi connectivity index (χ4n) is 2.35. The number of benzene rings is 2. The van der Waals surface area contributed by atoms with Crippen LogP contribution in [0.5, 0.6) is 5.75 Å². The van der Waals surface area contributed by atoms with Gasteiger partial charge in [-0.3, -0.25) is 4.79 Å². The Morgan fingerprint density at radius 3 is 2.36 bits per heavy atom. The zero-order chi connectivity index (χ0) is 18.4. The molecule has 2 aromatic rings. The highest BCUT2D eigenvalue weighted by atomic mass is 32.2. The summed E-state index contributed by atoms with van der Waals surface area (Å²) in [6.07, 6.45) is 0. The molecule has 0 spiro atoms. The smallest absolute Gasteiger partial charge is 0.241 e. The predicted octanol–water partition coefficient (Wildman–Crippen LogP) is 2.62. The van der Waals surface area contributed by atoms with Crippen molar-refractivity contribution in [1.29, 1.82) is 0 Å². The van der Waals surface area contributed by atoms with Gasteiger partial charge in [0.2, 0.25) is 15.9 Å². The fraction of sp³-hybridized carbons (Fsp3) is 0.278. The van der Waals surface area contributed by atoms with Gasteiger partial charge in [-0.2, -0.15) is 0 Å². The number of carbonyl (C=O) groups excluding carboxylic acids is 1. The summed E-state index contributed by atoms with van der Waals surface area (Å²) in [5.41, 5.74) is 2.18. The van der Waals surface area contributed by atoms with E-state index in [1.165, 1.54) is 6.07 Å². The Morgan fingerprint density at radius 1 is 1.08 bits per heavy atom. The fourth-order valence-corrected chi connectivity index (χ4v) is 3.55. The number of hydrogen-bond acceptors (Lipinski definition) is 4. The number of rotatable bonds is 7. The Morgan fingerprint density at radius 2 is 1.76 bits per heavy atom. The Kier molecular flexibility index (Phi) is 6.17. The van der Waals surface area contributed by atoms with Crippen molar-refractivity contribution in [3.63, 3.8) is 0 Å². The molecule has 2 rings (SSSR count). The maximum absolute atomic E-state index is 12.3. The van der Waals surface area contributed by atoms with E-state index in [9.17, 15) is 13.2 Å². The average molecular weight is 362 g/mol. The van der Waals surface area contributed by atoms with E-state index in [4.69, 9.17) is 4.74 Å². The maximum atomic E-state index is 12.3. The van der Waals surface area contributed by atoms with Gasteiger partial charge in [-0.25, -0.2) is 13.1 Å². The third-order valence-electron chi connectivity index (χ3n) is 3.49. The second-order valence-corrected chi connectivity index (χ2v) is 7.33. The Bertz CT molecular complexity index is 846. The molecule has 0 heterocycles. The van der Waals surface area contributed by atoms with Gasteiger partial charge in [-0.05, 0) is 56.7 Å². The van der Waals surface area contributed by atoms with Crippen LogP contribution in [0.1, 0.15) is 18.1 Å². The number of sulfonamides is 1. The molecule has 0 atom stereocenters. The molecule has 0 unspecified atom stereocenters. The SMILES string of the molecule is CCOc1ccc(NC(=O)CNS(=O)(=O)c2ccc(C)cc2C)cc1. The van der Waals surface area contributed by atoms with Gasteiger partial charge in [0, 0.05) is 5.69 Å². The standard InChI is InChI=1S/C18H22N2O4S/c1-4-24-16-8-6-15(7-9-16)20-18(21)12-19-25(22,23)17-10-5-13(2)11-14(17)3/h5-11,19H,4,12H2,1-3H3,(H,20,21). The number of anilines is 1. The van der Waals surface area contributed by atoms with Gasteiger partial charge in [0.25, 0.3) is 0 Å². The Hall–Kier alpha value is -2.38. The minimum absolute atomic E-state index is 0.173. The molecule has 134 valence electrons. The summed E-state index contributed by atoms with van der Waals surface area (Å²) in [6.45, 7) is 5.72. The van der Waals surface area contributed by atoms with Crippen LogP contribution in [0.3, 0.4) is 0 Å². The molecule has 2 aromatic carbocycles. The number of hydrogen-bond donors (Lipinski definition) is 2. The Labute approximate surface area is 148 Å². The molecular formula is C18H22N2O4S. The minimum Gasteiger partial charge on any atom is -0.494 e. The highest BCUT2D eigenvalue weighted by molar-refractivity contribution is 7.89. The summed E-state index contributed by atoms with van der Waals surface area (Å²) < 4.78 is 32.3. The van der Waals surface area contributed by atoms with Gasteiger partial charge in [-0.1, -0.05) is 17.7 Å². The van der Waals surface area contributed by atoms with Crippen molar-refractivity contribution in [2.24, 2.45) is 0 Å². The lowest BCUT2D eigenvalue weighted by Crippen LogP contribution is -2.33. The first-order valence-electron chi connectivity index (χ1n) is 7.91. The number of amides is 1. The normalized spacial score (nSPS) is 11.2. The molecule has 6 nitrogen and oxygen atoms in total. The third kappa shape index (κ3) is 5.30. The molecule has 0 aliphatic carbocycles. The lowest BCUT2D eigenvalue weighted by atomic mass is 10.2. The van der Waals surface area contributed by atoms with Crippen LogP contribution in [0.25, 0.3) is 0 Å². The van der Waals surface area contributed by atoms with Crippen molar-refractivity contribution in [1.82, 2.24) is 4.72 Å². The summed E-state index contributed by atoms with van der Waals surface area (Å²) in [7, 11) is -3.74. The first kappa shape index (κ1) is 19.0. The Balaban J connectivity index is 1.96. The van der Waals surface area contributed by atoms with E-state index in [1.807, 2.05) is 13.8 Å². The lowest BCUT2D eigenvalue weighted by Gasteiger charge is -2.10. The monoisotopic (exact) mass is 362 g/mol. The van der Waals surface area contributed by atoms with Gasteiger partial charge >= 0.3 is 0 Å². The minimum atomic E-state index is -3.74. The van der Waals surface area contributed by atoms with Crippen molar-refractivity contribution in [3.8, 4) is 5.75 Å². The predicted molar refractivity (Wildman–Crippen MR) is 97.3 cm³/mol. The van der Waals surface area contributed by atoms with Crippen molar-refractivity contribution >= 4 is 21.6 Å². The molecular weight excluding hydrogens is 340 g/mol. The molecule has 0 aromatic heterocycles. The van der Waals surface area contributed by atoms with E-state index in [0.717, 1.165) is 5.56 Å². The largest absolute Gasteiger partial charge is 0.494 e. The number of carbonyl (C=O) groups is 1.